The minimum atomic E-state index is 0.142. The van der Waals surface area contributed by atoms with Crippen molar-refractivity contribution in [1.29, 1.82) is 0 Å². The SMILES string of the molecule is CCCC(=O)NC[C@@H](c1ccc(C)cc1)N1CCOCC1. The van der Waals surface area contributed by atoms with Crippen LogP contribution in [0, 0.1) is 6.92 Å². The van der Waals surface area contributed by atoms with E-state index >= 15 is 0 Å². The van der Waals surface area contributed by atoms with E-state index < -0.39 is 0 Å². The van der Waals surface area contributed by atoms with E-state index in [1.54, 1.807) is 0 Å². The molecule has 0 aromatic heterocycles. The van der Waals surface area contributed by atoms with Gasteiger partial charge >= 0.3 is 0 Å². The summed E-state index contributed by atoms with van der Waals surface area (Å²) in [5.41, 5.74) is 2.52. The lowest BCUT2D eigenvalue weighted by atomic mass is 10.0. The lowest BCUT2D eigenvalue weighted by Gasteiger charge is -2.35. The number of nitrogens with zero attached hydrogens (tertiary/aromatic N) is 1. The Bertz CT molecular complexity index is 439. The Balaban J connectivity index is 2.05. The molecule has 4 heteroatoms. The second kappa shape index (κ2) is 8.15. The van der Waals surface area contributed by atoms with Crippen LogP contribution in [-0.2, 0) is 9.53 Å². The molecule has 0 unspecified atom stereocenters. The van der Waals surface area contributed by atoms with E-state index in [9.17, 15) is 4.79 Å². The minimum absolute atomic E-state index is 0.142. The van der Waals surface area contributed by atoms with Crippen molar-refractivity contribution in [2.45, 2.75) is 32.7 Å². The van der Waals surface area contributed by atoms with Crippen molar-refractivity contribution < 1.29 is 9.53 Å². The number of carbonyl (C=O) groups excluding carboxylic acids is 1. The van der Waals surface area contributed by atoms with Crippen LogP contribution in [0.5, 0.6) is 0 Å². The molecule has 0 bridgehead atoms. The molecule has 0 spiro atoms. The van der Waals surface area contributed by atoms with Gasteiger partial charge in [0, 0.05) is 26.1 Å². The quantitative estimate of drug-likeness (QED) is 0.874. The van der Waals surface area contributed by atoms with Gasteiger partial charge in [0.25, 0.3) is 0 Å². The van der Waals surface area contributed by atoms with Crippen molar-refractivity contribution in [2.75, 3.05) is 32.8 Å². The molecule has 1 saturated heterocycles. The van der Waals surface area contributed by atoms with Gasteiger partial charge in [-0.3, -0.25) is 9.69 Å². The summed E-state index contributed by atoms with van der Waals surface area (Å²) in [5.74, 6) is 0.142. The van der Waals surface area contributed by atoms with E-state index in [2.05, 4.69) is 41.4 Å². The van der Waals surface area contributed by atoms with Crippen LogP contribution in [-0.4, -0.2) is 43.7 Å². The second-order valence-corrected chi connectivity index (χ2v) is 5.63. The molecule has 1 fully saturated rings. The Morgan fingerprint density at radius 3 is 2.57 bits per heavy atom. The number of hydrogen-bond donors (Lipinski definition) is 1. The standard InChI is InChI=1S/C17H26N2O2/c1-3-4-17(20)18-13-16(19-9-11-21-12-10-19)15-7-5-14(2)6-8-15/h5-8,16H,3-4,9-13H2,1-2H3,(H,18,20)/t16-/m0/s1. The predicted octanol–water partition coefficient (Wildman–Crippen LogP) is 2.28. The molecule has 116 valence electrons. The number of hydrogen-bond acceptors (Lipinski definition) is 3. The number of morpholine rings is 1. The first-order valence-corrected chi connectivity index (χ1v) is 7.85. The number of rotatable bonds is 6. The number of ether oxygens (including phenoxy) is 1. The predicted molar refractivity (Wildman–Crippen MR) is 84.2 cm³/mol. The zero-order valence-electron chi connectivity index (χ0n) is 13.1. The first kappa shape index (κ1) is 16.0. The first-order chi connectivity index (χ1) is 10.2. The third kappa shape index (κ3) is 4.83. The maximum Gasteiger partial charge on any atom is 0.220 e. The van der Waals surface area contributed by atoms with Crippen LogP contribution in [0.4, 0.5) is 0 Å². The highest BCUT2D eigenvalue weighted by atomic mass is 16.5. The fourth-order valence-corrected chi connectivity index (χ4v) is 2.66. The molecule has 0 radical (unpaired) electrons. The Kier molecular flexibility index (Phi) is 6.21. The lowest BCUT2D eigenvalue weighted by molar-refractivity contribution is -0.121. The topological polar surface area (TPSA) is 41.6 Å². The van der Waals surface area contributed by atoms with Gasteiger partial charge in [-0.15, -0.1) is 0 Å². The molecule has 1 aliphatic heterocycles. The van der Waals surface area contributed by atoms with Crippen LogP contribution >= 0.6 is 0 Å². The summed E-state index contributed by atoms with van der Waals surface area (Å²) >= 11 is 0. The second-order valence-electron chi connectivity index (χ2n) is 5.63. The fraction of sp³-hybridized carbons (Fsp3) is 0.588. The molecule has 1 heterocycles. The van der Waals surface area contributed by atoms with E-state index in [0.29, 0.717) is 13.0 Å². The molecular formula is C17H26N2O2. The van der Waals surface area contributed by atoms with E-state index in [1.165, 1.54) is 11.1 Å². The number of benzene rings is 1. The van der Waals surface area contributed by atoms with Gasteiger partial charge in [-0.2, -0.15) is 0 Å². The van der Waals surface area contributed by atoms with Crippen molar-refractivity contribution in [1.82, 2.24) is 10.2 Å². The first-order valence-electron chi connectivity index (χ1n) is 7.85. The van der Waals surface area contributed by atoms with Crippen molar-refractivity contribution in [3.8, 4) is 0 Å². The Labute approximate surface area is 127 Å². The van der Waals surface area contributed by atoms with Gasteiger partial charge in [-0.05, 0) is 18.9 Å². The molecule has 1 amide bonds. The zero-order valence-corrected chi connectivity index (χ0v) is 13.1. The summed E-state index contributed by atoms with van der Waals surface area (Å²) in [6, 6.07) is 8.84. The largest absolute Gasteiger partial charge is 0.379 e. The number of nitrogens with one attached hydrogen (secondary N) is 1. The fourth-order valence-electron chi connectivity index (χ4n) is 2.66. The van der Waals surface area contributed by atoms with Crippen molar-refractivity contribution in [2.24, 2.45) is 0 Å². The van der Waals surface area contributed by atoms with E-state index in [0.717, 1.165) is 32.7 Å². The van der Waals surface area contributed by atoms with Gasteiger partial charge in [0.2, 0.25) is 5.91 Å². The van der Waals surface area contributed by atoms with Crippen LogP contribution in [0.1, 0.15) is 36.9 Å². The molecule has 2 rings (SSSR count). The molecule has 0 aliphatic carbocycles. The Morgan fingerprint density at radius 1 is 1.29 bits per heavy atom. The summed E-state index contributed by atoms with van der Waals surface area (Å²) in [6.07, 6.45) is 1.49. The summed E-state index contributed by atoms with van der Waals surface area (Å²) in [4.78, 5) is 14.2. The Morgan fingerprint density at radius 2 is 1.95 bits per heavy atom. The maximum absolute atomic E-state index is 11.8. The Hall–Kier alpha value is -1.39. The molecule has 1 atom stereocenters. The van der Waals surface area contributed by atoms with Gasteiger partial charge in [-0.25, -0.2) is 0 Å². The highest BCUT2D eigenvalue weighted by Gasteiger charge is 2.22. The minimum Gasteiger partial charge on any atom is -0.379 e. The average molecular weight is 290 g/mol. The van der Waals surface area contributed by atoms with Crippen molar-refractivity contribution >= 4 is 5.91 Å². The van der Waals surface area contributed by atoms with Gasteiger partial charge < -0.3 is 10.1 Å². The van der Waals surface area contributed by atoms with E-state index in [-0.39, 0.29) is 11.9 Å². The molecule has 1 N–H and O–H groups in total. The summed E-state index contributed by atoms with van der Waals surface area (Å²) < 4.78 is 5.44. The zero-order chi connectivity index (χ0) is 15.1. The van der Waals surface area contributed by atoms with Gasteiger partial charge in [0.05, 0.1) is 19.3 Å². The van der Waals surface area contributed by atoms with E-state index in [4.69, 9.17) is 4.74 Å². The van der Waals surface area contributed by atoms with Crippen LogP contribution in [0.25, 0.3) is 0 Å². The number of amides is 1. The van der Waals surface area contributed by atoms with Crippen molar-refractivity contribution in [3.05, 3.63) is 35.4 Å². The molecular weight excluding hydrogens is 264 g/mol. The van der Waals surface area contributed by atoms with Crippen LogP contribution in [0.3, 0.4) is 0 Å². The van der Waals surface area contributed by atoms with E-state index in [1.807, 2.05) is 6.92 Å². The third-order valence-electron chi connectivity index (χ3n) is 3.92. The molecule has 21 heavy (non-hydrogen) atoms. The van der Waals surface area contributed by atoms with Gasteiger partial charge in [0.15, 0.2) is 0 Å². The molecule has 1 aliphatic rings. The monoisotopic (exact) mass is 290 g/mol. The van der Waals surface area contributed by atoms with Crippen molar-refractivity contribution in [3.63, 3.8) is 0 Å². The molecule has 1 aromatic rings. The molecule has 0 saturated carbocycles. The molecule has 4 nitrogen and oxygen atoms in total. The highest BCUT2D eigenvalue weighted by Crippen LogP contribution is 2.21. The lowest BCUT2D eigenvalue weighted by Crippen LogP contribution is -2.43. The van der Waals surface area contributed by atoms with Gasteiger partial charge in [-0.1, -0.05) is 36.8 Å². The smallest absolute Gasteiger partial charge is 0.220 e. The van der Waals surface area contributed by atoms with Gasteiger partial charge in [0.1, 0.15) is 0 Å². The van der Waals surface area contributed by atoms with Crippen LogP contribution < -0.4 is 5.32 Å². The third-order valence-corrected chi connectivity index (χ3v) is 3.92. The maximum atomic E-state index is 11.8. The number of carbonyl (C=O) groups is 1. The average Bonchev–Trinajstić information content (AvgIpc) is 2.50. The molecule has 1 aromatic carbocycles. The summed E-state index contributed by atoms with van der Waals surface area (Å²) in [7, 11) is 0. The number of aryl methyl sites for hydroxylation is 1. The van der Waals surface area contributed by atoms with Crippen LogP contribution in [0.15, 0.2) is 24.3 Å². The summed E-state index contributed by atoms with van der Waals surface area (Å²) in [5, 5.41) is 3.07. The normalized spacial score (nSPS) is 17.4. The summed E-state index contributed by atoms with van der Waals surface area (Å²) in [6.45, 7) is 8.17. The highest BCUT2D eigenvalue weighted by molar-refractivity contribution is 5.75. The van der Waals surface area contributed by atoms with Crippen LogP contribution in [0.2, 0.25) is 0 Å².